The molecule has 0 aromatic heterocycles. The van der Waals surface area contributed by atoms with Gasteiger partial charge in [-0.25, -0.2) is 0 Å². The van der Waals surface area contributed by atoms with E-state index in [0.29, 0.717) is 13.2 Å². The standard InChI is InChI=1S/C21H44O2S2/c22-18-14-10-6-3-1-2-4-8-12-16-20-24-25-21-17-13-9-5-7-11-15-19-23/h22-23H,1-21H2. The molecule has 0 spiro atoms. The van der Waals surface area contributed by atoms with Crippen LogP contribution >= 0.6 is 21.6 Å². The van der Waals surface area contributed by atoms with Crippen molar-refractivity contribution in [3.8, 4) is 0 Å². The smallest absolute Gasteiger partial charge is 0.0431 e. The fraction of sp³-hybridized carbons (Fsp3) is 1.00. The molecule has 0 aliphatic rings. The minimum Gasteiger partial charge on any atom is -0.396 e. The van der Waals surface area contributed by atoms with Crippen molar-refractivity contribution < 1.29 is 10.2 Å². The van der Waals surface area contributed by atoms with Gasteiger partial charge in [0.2, 0.25) is 0 Å². The Bertz CT molecular complexity index is 206. The molecule has 0 unspecified atom stereocenters. The number of hydrogen-bond donors (Lipinski definition) is 2. The van der Waals surface area contributed by atoms with Gasteiger partial charge in [0.05, 0.1) is 0 Å². The van der Waals surface area contributed by atoms with E-state index in [1.165, 1.54) is 108 Å². The Labute approximate surface area is 165 Å². The Hall–Kier alpha value is 0.620. The van der Waals surface area contributed by atoms with E-state index in [1.54, 1.807) is 0 Å². The Morgan fingerprint density at radius 2 is 0.560 bits per heavy atom. The van der Waals surface area contributed by atoms with Gasteiger partial charge in [-0.1, -0.05) is 105 Å². The maximum absolute atomic E-state index is 8.72. The molecule has 0 bridgehead atoms. The van der Waals surface area contributed by atoms with Crippen molar-refractivity contribution in [2.75, 3.05) is 24.7 Å². The van der Waals surface area contributed by atoms with Gasteiger partial charge in [-0.2, -0.15) is 0 Å². The van der Waals surface area contributed by atoms with Crippen molar-refractivity contribution in [2.24, 2.45) is 0 Å². The highest BCUT2D eigenvalue weighted by Gasteiger charge is 1.96. The second-order valence-electron chi connectivity index (χ2n) is 7.10. The number of rotatable bonds is 22. The quantitative estimate of drug-likeness (QED) is 0.154. The molecule has 2 nitrogen and oxygen atoms in total. The van der Waals surface area contributed by atoms with Crippen molar-refractivity contribution in [2.45, 2.75) is 109 Å². The first-order chi connectivity index (χ1) is 12.4. The lowest BCUT2D eigenvalue weighted by atomic mass is 10.1. The SMILES string of the molecule is OCCCCCCCCCCCCSSCCCCCCCCCO. The second kappa shape index (κ2) is 24.6. The molecule has 152 valence electrons. The zero-order valence-corrected chi connectivity index (χ0v) is 18.2. The Balaban J connectivity index is 2.94. The predicted molar refractivity (Wildman–Crippen MR) is 118 cm³/mol. The zero-order valence-electron chi connectivity index (χ0n) is 16.6. The van der Waals surface area contributed by atoms with Crippen LogP contribution in [-0.2, 0) is 0 Å². The van der Waals surface area contributed by atoms with E-state index >= 15 is 0 Å². The van der Waals surface area contributed by atoms with Gasteiger partial charge in [0, 0.05) is 24.7 Å². The molecule has 0 saturated carbocycles. The summed E-state index contributed by atoms with van der Waals surface area (Å²) in [4.78, 5) is 0. The summed E-state index contributed by atoms with van der Waals surface area (Å²) in [5.41, 5.74) is 0. The Morgan fingerprint density at radius 3 is 0.840 bits per heavy atom. The van der Waals surface area contributed by atoms with Gasteiger partial charge in [-0.3, -0.25) is 0 Å². The monoisotopic (exact) mass is 392 g/mol. The summed E-state index contributed by atoms with van der Waals surface area (Å²) in [6, 6.07) is 0. The van der Waals surface area contributed by atoms with E-state index in [2.05, 4.69) is 21.6 Å². The number of hydrogen-bond acceptors (Lipinski definition) is 4. The van der Waals surface area contributed by atoms with Crippen LogP contribution in [0.2, 0.25) is 0 Å². The fourth-order valence-corrected chi connectivity index (χ4v) is 5.26. The fourth-order valence-electron chi connectivity index (χ4n) is 2.96. The number of unbranched alkanes of at least 4 members (excludes halogenated alkanes) is 15. The van der Waals surface area contributed by atoms with Crippen molar-refractivity contribution >= 4 is 21.6 Å². The molecule has 0 aliphatic carbocycles. The molecule has 4 heteroatoms. The summed E-state index contributed by atoms with van der Waals surface area (Å²) in [6.45, 7) is 0.725. The van der Waals surface area contributed by atoms with Crippen LogP contribution in [0.3, 0.4) is 0 Å². The lowest BCUT2D eigenvalue weighted by Gasteiger charge is -2.03. The van der Waals surface area contributed by atoms with E-state index in [9.17, 15) is 0 Å². The van der Waals surface area contributed by atoms with Crippen LogP contribution in [-0.4, -0.2) is 34.9 Å². The molecule has 0 aliphatic heterocycles. The molecule has 0 heterocycles. The van der Waals surface area contributed by atoms with Crippen LogP contribution in [0.15, 0.2) is 0 Å². The Morgan fingerprint density at radius 1 is 0.320 bits per heavy atom. The van der Waals surface area contributed by atoms with E-state index in [1.807, 2.05) is 0 Å². The lowest BCUT2D eigenvalue weighted by Crippen LogP contribution is -1.85. The van der Waals surface area contributed by atoms with E-state index in [-0.39, 0.29) is 0 Å². The summed E-state index contributed by atoms with van der Waals surface area (Å²) < 4.78 is 0. The van der Waals surface area contributed by atoms with Crippen molar-refractivity contribution in [3.63, 3.8) is 0 Å². The highest BCUT2D eigenvalue weighted by molar-refractivity contribution is 8.76. The molecule has 0 radical (unpaired) electrons. The molecule has 0 amide bonds. The van der Waals surface area contributed by atoms with Gasteiger partial charge in [0.25, 0.3) is 0 Å². The molecular formula is C21H44O2S2. The highest BCUT2D eigenvalue weighted by atomic mass is 33.1. The summed E-state index contributed by atoms with van der Waals surface area (Å²) >= 11 is 0. The average molecular weight is 393 g/mol. The molecule has 25 heavy (non-hydrogen) atoms. The van der Waals surface area contributed by atoms with Gasteiger partial charge < -0.3 is 10.2 Å². The first-order valence-electron chi connectivity index (χ1n) is 10.9. The van der Waals surface area contributed by atoms with Gasteiger partial charge in [-0.05, 0) is 25.7 Å². The number of aliphatic hydroxyl groups excluding tert-OH is 2. The third-order valence-electron chi connectivity index (χ3n) is 4.60. The molecule has 0 aromatic carbocycles. The van der Waals surface area contributed by atoms with Gasteiger partial charge in [0.1, 0.15) is 0 Å². The summed E-state index contributed by atoms with van der Waals surface area (Å²) in [5, 5.41) is 17.4. The third kappa shape index (κ3) is 24.6. The minimum absolute atomic E-state index is 0.361. The second-order valence-corrected chi connectivity index (χ2v) is 9.80. The van der Waals surface area contributed by atoms with Crippen LogP contribution in [0.25, 0.3) is 0 Å². The molecule has 0 atom stereocenters. The first kappa shape index (κ1) is 25.6. The Kier molecular flexibility index (Phi) is 25.2. The van der Waals surface area contributed by atoms with Crippen LogP contribution in [0, 0.1) is 0 Å². The van der Waals surface area contributed by atoms with Crippen LogP contribution < -0.4 is 0 Å². The third-order valence-corrected chi connectivity index (χ3v) is 7.18. The van der Waals surface area contributed by atoms with Crippen LogP contribution in [0.1, 0.15) is 109 Å². The summed E-state index contributed by atoms with van der Waals surface area (Å²) in [5.74, 6) is 2.64. The zero-order chi connectivity index (χ0) is 18.3. The van der Waals surface area contributed by atoms with Crippen molar-refractivity contribution in [1.29, 1.82) is 0 Å². The topological polar surface area (TPSA) is 40.5 Å². The normalized spacial score (nSPS) is 11.3. The van der Waals surface area contributed by atoms with Gasteiger partial charge in [0.15, 0.2) is 0 Å². The van der Waals surface area contributed by atoms with Crippen molar-refractivity contribution in [1.82, 2.24) is 0 Å². The summed E-state index contributed by atoms with van der Waals surface area (Å²) in [7, 11) is 4.15. The van der Waals surface area contributed by atoms with Gasteiger partial charge in [-0.15, -0.1) is 0 Å². The number of aliphatic hydroxyl groups is 2. The minimum atomic E-state index is 0.361. The van der Waals surface area contributed by atoms with Crippen LogP contribution in [0.5, 0.6) is 0 Å². The van der Waals surface area contributed by atoms with E-state index in [0.717, 1.165) is 12.8 Å². The largest absolute Gasteiger partial charge is 0.396 e. The van der Waals surface area contributed by atoms with Crippen LogP contribution in [0.4, 0.5) is 0 Å². The molecule has 0 saturated heterocycles. The predicted octanol–water partition coefficient (Wildman–Crippen LogP) is 6.98. The van der Waals surface area contributed by atoms with Gasteiger partial charge >= 0.3 is 0 Å². The van der Waals surface area contributed by atoms with E-state index in [4.69, 9.17) is 10.2 Å². The maximum Gasteiger partial charge on any atom is 0.0431 e. The molecule has 0 fully saturated rings. The van der Waals surface area contributed by atoms with Crippen molar-refractivity contribution in [3.05, 3.63) is 0 Å². The average Bonchev–Trinajstić information content (AvgIpc) is 2.63. The molecule has 0 rings (SSSR count). The lowest BCUT2D eigenvalue weighted by molar-refractivity contribution is 0.282. The first-order valence-corrected chi connectivity index (χ1v) is 13.4. The maximum atomic E-state index is 8.72. The highest BCUT2D eigenvalue weighted by Crippen LogP contribution is 2.24. The van der Waals surface area contributed by atoms with E-state index < -0.39 is 0 Å². The summed E-state index contributed by atoms with van der Waals surface area (Å²) in [6.07, 6.45) is 22.2. The molecule has 2 N–H and O–H groups in total. The molecule has 0 aromatic rings. The molecular weight excluding hydrogens is 348 g/mol.